The van der Waals surface area contributed by atoms with Crippen LogP contribution in [0.1, 0.15) is 40.8 Å². The van der Waals surface area contributed by atoms with Gasteiger partial charge in [-0.3, -0.25) is 0 Å². The van der Waals surface area contributed by atoms with Crippen LogP contribution in [0.15, 0.2) is 40.9 Å². The fourth-order valence-corrected chi connectivity index (χ4v) is 3.33. The molecular weight excluding hydrogens is 322 g/mol. The third-order valence-corrected chi connectivity index (χ3v) is 4.28. The molecule has 0 aromatic heterocycles. The number of hydrogen-bond acceptors (Lipinski definition) is 1. The summed E-state index contributed by atoms with van der Waals surface area (Å²) in [5, 5.41) is 3.63. The first-order valence-corrected chi connectivity index (χ1v) is 8.35. The van der Waals surface area contributed by atoms with Crippen molar-refractivity contribution in [1.29, 1.82) is 0 Å². The summed E-state index contributed by atoms with van der Waals surface area (Å²) >= 11 is 3.60. The molecule has 0 radical (unpaired) electrons. The minimum atomic E-state index is 0.355. The summed E-state index contributed by atoms with van der Waals surface area (Å²) in [5.74, 6) is 0. The van der Waals surface area contributed by atoms with Crippen LogP contribution in [0.25, 0.3) is 0 Å². The van der Waals surface area contributed by atoms with Crippen molar-refractivity contribution in [3.05, 3.63) is 68.7 Å². The van der Waals surface area contributed by atoms with Crippen molar-refractivity contribution in [3.63, 3.8) is 0 Å². The van der Waals surface area contributed by atoms with Crippen LogP contribution in [0.4, 0.5) is 0 Å². The number of rotatable bonds is 5. The number of benzene rings is 2. The van der Waals surface area contributed by atoms with Gasteiger partial charge in [0.2, 0.25) is 0 Å². The van der Waals surface area contributed by atoms with Crippen molar-refractivity contribution >= 4 is 15.9 Å². The lowest BCUT2D eigenvalue weighted by Gasteiger charge is -2.21. The molecule has 0 saturated carbocycles. The molecule has 21 heavy (non-hydrogen) atoms. The molecule has 0 aliphatic heterocycles. The summed E-state index contributed by atoms with van der Waals surface area (Å²) in [6.07, 6.45) is 1.02. The predicted molar refractivity (Wildman–Crippen MR) is 94.9 cm³/mol. The molecule has 0 heterocycles. The number of likely N-dealkylation sites (N-methyl/N-ethyl adjacent to an activating group) is 1. The van der Waals surface area contributed by atoms with E-state index in [4.69, 9.17) is 0 Å². The summed E-state index contributed by atoms with van der Waals surface area (Å²) in [6.45, 7) is 9.67. The van der Waals surface area contributed by atoms with Crippen molar-refractivity contribution in [2.75, 3.05) is 6.54 Å². The van der Waals surface area contributed by atoms with E-state index in [0.717, 1.165) is 17.4 Å². The third-order valence-electron chi connectivity index (χ3n) is 3.79. The van der Waals surface area contributed by atoms with E-state index < -0.39 is 0 Å². The fraction of sp³-hybridized carbons (Fsp3) is 0.368. The average molecular weight is 346 g/mol. The van der Waals surface area contributed by atoms with Gasteiger partial charge in [0.05, 0.1) is 0 Å². The first kappa shape index (κ1) is 16.3. The largest absolute Gasteiger partial charge is 0.310 e. The molecule has 0 amide bonds. The summed E-state index contributed by atoms with van der Waals surface area (Å²) in [5.41, 5.74) is 6.80. The van der Waals surface area contributed by atoms with E-state index in [-0.39, 0.29) is 0 Å². The van der Waals surface area contributed by atoms with Gasteiger partial charge in [-0.05, 0) is 62.6 Å². The molecule has 0 bridgehead atoms. The van der Waals surface area contributed by atoms with E-state index in [1.54, 1.807) is 0 Å². The molecule has 2 rings (SSSR count). The van der Waals surface area contributed by atoms with Crippen LogP contribution in [-0.4, -0.2) is 6.54 Å². The summed E-state index contributed by atoms with van der Waals surface area (Å²) in [6, 6.07) is 13.7. The van der Waals surface area contributed by atoms with Crippen LogP contribution < -0.4 is 5.32 Å². The third kappa shape index (κ3) is 4.42. The van der Waals surface area contributed by atoms with Crippen molar-refractivity contribution < 1.29 is 0 Å². The van der Waals surface area contributed by atoms with Crippen LogP contribution >= 0.6 is 15.9 Å². The predicted octanol–water partition coefficient (Wildman–Crippen LogP) is 5.27. The highest BCUT2D eigenvalue weighted by Gasteiger charge is 2.14. The molecule has 1 unspecified atom stereocenters. The Kier molecular flexibility index (Phi) is 5.60. The maximum absolute atomic E-state index is 3.63. The fourth-order valence-electron chi connectivity index (χ4n) is 2.95. The molecule has 112 valence electrons. The molecule has 0 fully saturated rings. The number of halogens is 1. The Morgan fingerprint density at radius 2 is 1.67 bits per heavy atom. The minimum Gasteiger partial charge on any atom is -0.310 e. The van der Waals surface area contributed by atoms with Crippen molar-refractivity contribution in [2.45, 2.75) is 40.2 Å². The van der Waals surface area contributed by atoms with E-state index in [2.05, 4.69) is 85.3 Å². The second kappa shape index (κ2) is 7.24. The second-order valence-electron chi connectivity index (χ2n) is 5.81. The Morgan fingerprint density at radius 1 is 1.00 bits per heavy atom. The summed E-state index contributed by atoms with van der Waals surface area (Å²) < 4.78 is 1.14. The number of aryl methyl sites for hydroxylation is 3. The van der Waals surface area contributed by atoms with Gasteiger partial charge >= 0.3 is 0 Å². The lowest BCUT2D eigenvalue weighted by atomic mass is 9.94. The maximum atomic E-state index is 3.63. The van der Waals surface area contributed by atoms with E-state index in [0.29, 0.717) is 6.04 Å². The van der Waals surface area contributed by atoms with Crippen LogP contribution in [0.3, 0.4) is 0 Å². The number of hydrogen-bond donors (Lipinski definition) is 1. The van der Waals surface area contributed by atoms with Crippen LogP contribution in [-0.2, 0) is 6.42 Å². The molecule has 2 heteroatoms. The molecule has 1 N–H and O–H groups in total. The standard InChI is InChI=1S/C19H24BrN/c1-5-21-19(18-12-17(20)7-6-15(18)4)11-16-9-13(2)8-14(3)10-16/h6-10,12,19,21H,5,11H2,1-4H3. The van der Waals surface area contributed by atoms with E-state index >= 15 is 0 Å². The van der Waals surface area contributed by atoms with Gasteiger partial charge < -0.3 is 5.32 Å². The van der Waals surface area contributed by atoms with Crippen LogP contribution in [0.5, 0.6) is 0 Å². The van der Waals surface area contributed by atoms with Gasteiger partial charge in [-0.15, -0.1) is 0 Å². The highest BCUT2D eigenvalue weighted by Crippen LogP contribution is 2.26. The highest BCUT2D eigenvalue weighted by atomic mass is 79.9. The molecule has 2 aromatic carbocycles. The zero-order chi connectivity index (χ0) is 15.4. The Morgan fingerprint density at radius 3 is 2.29 bits per heavy atom. The summed E-state index contributed by atoms with van der Waals surface area (Å²) in [4.78, 5) is 0. The van der Waals surface area contributed by atoms with Crippen LogP contribution in [0.2, 0.25) is 0 Å². The lowest BCUT2D eigenvalue weighted by Crippen LogP contribution is -2.23. The molecule has 0 aliphatic rings. The zero-order valence-corrected chi connectivity index (χ0v) is 14.9. The SMILES string of the molecule is CCNC(Cc1cc(C)cc(C)c1)c1cc(Br)ccc1C. The highest BCUT2D eigenvalue weighted by molar-refractivity contribution is 9.10. The van der Waals surface area contributed by atoms with Gasteiger partial charge in [-0.25, -0.2) is 0 Å². The molecule has 1 atom stereocenters. The van der Waals surface area contributed by atoms with E-state index in [1.807, 2.05) is 0 Å². The molecular formula is C19H24BrN. The molecule has 0 saturated heterocycles. The van der Waals surface area contributed by atoms with E-state index in [1.165, 1.54) is 27.8 Å². The van der Waals surface area contributed by atoms with Gasteiger partial charge in [-0.2, -0.15) is 0 Å². The van der Waals surface area contributed by atoms with Gasteiger partial charge in [0, 0.05) is 10.5 Å². The molecule has 1 nitrogen and oxygen atoms in total. The van der Waals surface area contributed by atoms with Crippen molar-refractivity contribution in [2.24, 2.45) is 0 Å². The summed E-state index contributed by atoms with van der Waals surface area (Å²) in [7, 11) is 0. The molecule has 2 aromatic rings. The average Bonchev–Trinajstić information content (AvgIpc) is 2.40. The van der Waals surface area contributed by atoms with Crippen LogP contribution in [0, 0.1) is 20.8 Å². The lowest BCUT2D eigenvalue weighted by molar-refractivity contribution is 0.547. The van der Waals surface area contributed by atoms with Gasteiger partial charge in [-0.1, -0.05) is 58.2 Å². The quantitative estimate of drug-likeness (QED) is 0.778. The van der Waals surface area contributed by atoms with E-state index in [9.17, 15) is 0 Å². The Labute approximate surface area is 136 Å². The van der Waals surface area contributed by atoms with Gasteiger partial charge in [0.25, 0.3) is 0 Å². The zero-order valence-electron chi connectivity index (χ0n) is 13.3. The first-order valence-electron chi connectivity index (χ1n) is 7.56. The molecule has 0 spiro atoms. The van der Waals surface area contributed by atoms with Gasteiger partial charge in [0.1, 0.15) is 0 Å². The monoisotopic (exact) mass is 345 g/mol. The number of nitrogens with one attached hydrogen (secondary N) is 1. The van der Waals surface area contributed by atoms with Crippen molar-refractivity contribution in [3.8, 4) is 0 Å². The normalized spacial score (nSPS) is 12.4. The smallest absolute Gasteiger partial charge is 0.0363 e. The Bertz CT molecular complexity index is 599. The Hall–Kier alpha value is -1.12. The molecule has 0 aliphatic carbocycles. The Balaban J connectivity index is 2.32. The topological polar surface area (TPSA) is 12.0 Å². The minimum absolute atomic E-state index is 0.355. The second-order valence-corrected chi connectivity index (χ2v) is 6.73. The maximum Gasteiger partial charge on any atom is 0.0363 e. The van der Waals surface area contributed by atoms with Crippen molar-refractivity contribution in [1.82, 2.24) is 5.32 Å². The first-order chi connectivity index (χ1) is 9.99. The van der Waals surface area contributed by atoms with Gasteiger partial charge in [0.15, 0.2) is 0 Å².